The minimum atomic E-state index is -0.393. The predicted octanol–water partition coefficient (Wildman–Crippen LogP) is 3.63. The molecule has 0 unspecified atom stereocenters. The number of hydrogen-bond acceptors (Lipinski definition) is 8. The van der Waals surface area contributed by atoms with Crippen molar-refractivity contribution in [3.05, 3.63) is 51.6 Å². The number of amides is 2. The summed E-state index contributed by atoms with van der Waals surface area (Å²) in [6.07, 6.45) is 0. The van der Waals surface area contributed by atoms with Crippen LogP contribution in [0.25, 0.3) is 0 Å². The van der Waals surface area contributed by atoms with E-state index in [0.29, 0.717) is 23.1 Å². The maximum Gasteiger partial charge on any atom is 0.257 e. The molecular weight excluding hydrogens is 416 g/mol. The molecule has 2 amide bonds. The fourth-order valence-corrected chi connectivity index (χ4v) is 4.68. The fourth-order valence-electron chi connectivity index (χ4n) is 2.21. The van der Waals surface area contributed by atoms with Gasteiger partial charge in [-0.25, -0.2) is 9.97 Å². The summed E-state index contributed by atoms with van der Waals surface area (Å²) in [5.41, 5.74) is 7.30. The van der Waals surface area contributed by atoms with Gasteiger partial charge < -0.3 is 10.5 Å². The second kappa shape index (κ2) is 9.18. The Morgan fingerprint density at radius 3 is 2.61 bits per heavy atom. The molecule has 0 aliphatic carbocycles. The van der Waals surface area contributed by atoms with Gasteiger partial charge in [-0.15, -0.1) is 23.1 Å². The first-order valence-corrected chi connectivity index (χ1v) is 10.9. The molecule has 1 aromatic carbocycles. The zero-order chi connectivity index (χ0) is 20.1. The summed E-state index contributed by atoms with van der Waals surface area (Å²) >= 11 is 4.21. The second-order valence-corrected chi connectivity index (χ2v) is 9.08. The molecule has 7 nitrogen and oxygen atoms in total. The Morgan fingerprint density at radius 2 is 1.96 bits per heavy atom. The molecule has 0 saturated carbocycles. The lowest BCUT2D eigenvalue weighted by molar-refractivity contribution is -0.115. The molecule has 0 spiro atoms. The van der Waals surface area contributed by atoms with E-state index in [1.54, 1.807) is 35.6 Å². The van der Waals surface area contributed by atoms with E-state index in [9.17, 15) is 9.59 Å². The summed E-state index contributed by atoms with van der Waals surface area (Å²) in [4.78, 5) is 32.0. The van der Waals surface area contributed by atoms with E-state index in [4.69, 9.17) is 10.5 Å². The zero-order valence-electron chi connectivity index (χ0n) is 15.2. The van der Waals surface area contributed by atoms with Gasteiger partial charge in [-0.05, 0) is 38.1 Å². The summed E-state index contributed by atoms with van der Waals surface area (Å²) in [5, 5.41) is 6.22. The number of carbonyl (C=O) groups is 2. The number of thiazole rings is 2. The first-order valence-electron chi connectivity index (χ1n) is 8.24. The highest BCUT2D eigenvalue weighted by Crippen LogP contribution is 2.32. The van der Waals surface area contributed by atoms with Gasteiger partial charge in [-0.1, -0.05) is 11.3 Å². The fraction of sp³-hybridized carbons (Fsp3) is 0.222. The smallest absolute Gasteiger partial charge is 0.257 e. The van der Waals surface area contributed by atoms with Crippen molar-refractivity contribution in [1.29, 1.82) is 0 Å². The summed E-state index contributed by atoms with van der Waals surface area (Å²) in [6.45, 7) is 4.16. The van der Waals surface area contributed by atoms with Crippen LogP contribution in [-0.4, -0.2) is 27.5 Å². The maximum atomic E-state index is 12.4. The number of nitrogens with two attached hydrogens (primary N) is 1. The van der Waals surface area contributed by atoms with Crippen molar-refractivity contribution in [3.8, 4) is 5.75 Å². The number of aromatic nitrogens is 2. The van der Waals surface area contributed by atoms with Gasteiger partial charge in [0, 0.05) is 10.9 Å². The lowest BCUT2D eigenvalue weighted by Gasteiger charge is -2.06. The van der Waals surface area contributed by atoms with Gasteiger partial charge in [0.2, 0.25) is 5.91 Å². The molecule has 0 radical (unpaired) electrons. The first kappa shape index (κ1) is 20.3. The third-order valence-electron chi connectivity index (χ3n) is 3.49. The Morgan fingerprint density at radius 1 is 1.21 bits per heavy atom. The molecule has 0 saturated heterocycles. The molecule has 2 aromatic heterocycles. The van der Waals surface area contributed by atoms with Gasteiger partial charge in [0.05, 0.1) is 26.4 Å². The van der Waals surface area contributed by atoms with Gasteiger partial charge in [-0.3, -0.25) is 14.9 Å². The Hall–Kier alpha value is -2.43. The number of rotatable bonds is 8. The molecule has 146 valence electrons. The molecule has 0 atom stereocenters. The number of thioether (sulfide) groups is 1. The number of primary amides is 1. The van der Waals surface area contributed by atoms with Crippen molar-refractivity contribution in [1.82, 2.24) is 9.97 Å². The lowest BCUT2D eigenvalue weighted by Crippen LogP contribution is -2.12. The number of nitrogens with one attached hydrogen (secondary N) is 1. The number of anilines is 1. The Balaban J connectivity index is 1.57. The maximum absolute atomic E-state index is 12.4. The number of hydrogen-bond donors (Lipinski definition) is 2. The average molecular weight is 435 g/mol. The van der Waals surface area contributed by atoms with Crippen LogP contribution in [0.15, 0.2) is 33.9 Å². The minimum Gasteiger partial charge on any atom is -0.487 e. The summed E-state index contributed by atoms with van der Waals surface area (Å²) in [6, 6.07) is 6.88. The first-order chi connectivity index (χ1) is 13.4. The van der Waals surface area contributed by atoms with Gasteiger partial charge in [0.1, 0.15) is 12.4 Å². The molecule has 0 bridgehead atoms. The van der Waals surface area contributed by atoms with Crippen molar-refractivity contribution in [2.24, 2.45) is 5.73 Å². The topological polar surface area (TPSA) is 107 Å². The molecule has 0 aliphatic rings. The van der Waals surface area contributed by atoms with Gasteiger partial charge in [-0.2, -0.15) is 0 Å². The van der Waals surface area contributed by atoms with E-state index in [2.05, 4.69) is 15.3 Å². The quantitative estimate of drug-likeness (QED) is 0.524. The van der Waals surface area contributed by atoms with E-state index in [1.165, 1.54) is 23.1 Å². The minimum absolute atomic E-state index is 0.179. The lowest BCUT2D eigenvalue weighted by atomic mass is 10.2. The van der Waals surface area contributed by atoms with Gasteiger partial charge in [0.25, 0.3) is 5.91 Å². The molecule has 2 heterocycles. The van der Waals surface area contributed by atoms with Crippen LogP contribution in [0, 0.1) is 13.8 Å². The monoisotopic (exact) mass is 434 g/mol. The largest absolute Gasteiger partial charge is 0.487 e. The number of aryl methyl sites for hydroxylation is 2. The van der Waals surface area contributed by atoms with Crippen LogP contribution in [0.4, 0.5) is 5.13 Å². The number of ether oxygens (including phenoxy) is 1. The third-order valence-corrected chi connectivity index (χ3v) is 6.77. The second-order valence-electron chi connectivity index (χ2n) is 5.77. The Bertz CT molecular complexity index is 982. The zero-order valence-corrected chi connectivity index (χ0v) is 17.7. The Kier molecular flexibility index (Phi) is 6.65. The van der Waals surface area contributed by atoms with Crippen LogP contribution in [0.1, 0.15) is 26.8 Å². The number of nitrogens with zero attached hydrogens (tertiary/aromatic N) is 2. The summed E-state index contributed by atoms with van der Waals surface area (Å²) < 4.78 is 6.54. The van der Waals surface area contributed by atoms with Crippen LogP contribution in [-0.2, 0) is 11.4 Å². The molecular formula is C18H18N4O3S3. The molecule has 10 heteroatoms. The van der Waals surface area contributed by atoms with E-state index in [0.717, 1.165) is 20.6 Å². The number of benzene rings is 1. The molecule has 0 fully saturated rings. The molecule has 3 N–H and O–H groups in total. The van der Waals surface area contributed by atoms with Crippen LogP contribution in [0.5, 0.6) is 5.75 Å². The van der Waals surface area contributed by atoms with Crippen LogP contribution in [0.2, 0.25) is 0 Å². The summed E-state index contributed by atoms with van der Waals surface area (Å²) in [5.74, 6) is 0.188. The van der Waals surface area contributed by atoms with E-state index < -0.39 is 5.91 Å². The number of carbonyl (C=O) groups excluding carboxylic acids is 2. The van der Waals surface area contributed by atoms with Crippen LogP contribution in [0.3, 0.4) is 0 Å². The van der Waals surface area contributed by atoms with Crippen molar-refractivity contribution in [3.63, 3.8) is 0 Å². The van der Waals surface area contributed by atoms with Crippen molar-refractivity contribution >= 4 is 51.4 Å². The molecule has 0 aliphatic heterocycles. The van der Waals surface area contributed by atoms with E-state index >= 15 is 0 Å². The van der Waals surface area contributed by atoms with Gasteiger partial charge in [0.15, 0.2) is 5.13 Å². The molecule has 3 aromatic rings. The SMILES string of the molecule is Cc1nc(COc2ccc(C(=O)Nc3nc(C)c(SCC(N)=O)s3)cc2)cs1. The van der Waals surface area contributed by atoms with Crippen molar-refractivity contribution < 1.29 is 14.3 Å². The molecule has 28 heavy (non-hydrogen) atoms. The van der Waals surface area contributed by atoms with Crippen molar-refractivity contribution in [2.45, 2.75) is 24.7 Å². The average Bonchev–Trinajstić information content (AvgIpc) is 3.23. The highest BCUT2D eigenvalue weighted by molar-refractivity contribution is 8.01. The van der Waals surface area contributed by atoms with Crippen molar-refractivity contribution in [2.75, 3.05) is 11.1 Å². The summed E-state index contributed by atoms with van der Waals surface area (Å²) in [7, 11) is 0. The standard InChI is InChI=1S/C18H18N4O3S3/c1-10-17(27-9-15(19)23)28-18(20-10)22-16(24)12-3-5-14(6-4-12)25-7-13-8-26-11(2)21-13/h3-6,8H,7,9H2,1-2H3,(H2,19,23)(H,20,22,24). The van der Waals surface area contributed by atoms with E-state index in [-0.39, 0.29) is 11.7 Å². The van der Waals surface area contributed by atoms with E-state index in [1.807, 2.05) is 19.2 Å². The van der Waals surface area contributed by atoms with Crippen LogP contribution >= 0.6 is 34.4 Å². The highest BCUT2D eigenvalue weighted by atomic mass is 32.2. The Labute approximate surface area is 174 Å². The normalized spacial score (nSPS) is 10.6. The highest BCUT2D eigenvalue weighted by Gasteiger charge is 2.13. The predicted molar refractivity (Wildman–Crippen MR) is 112 cm³/mol. The van der Waals surface area contributed by atoms with Crippen LogP contribution < -0.4 is 15.8 Å². The molecule has 3 rings (SSSR count). The van der Waals surface area contributed by atoms with Gasteiger partial charge >= 0.3 is 0 Å². The third kappa shape index (κ3) is 5.54.